The van der Waals surface area contributed by atoms with Gasteiger partial charge < -0.3 is 21.3 Å². The van der Waals surface area contributed by atoms with Crippen LogP contribution in [0.25, 0.3) is 0 Å². The van der Waals surface area contributed by atoms with Gasteiger partial charge in [-0.3, -0.25) is 19.2 Å². The van der Waals surface area contributed by atoms with Gasteiger partial charge in [0.15, 0.2) is 0 Å². The standard InChI is InChI=1S/C28H44N4O4S2/c1-6-19(4)25-28(36)29-12-14-38-17-22-9-7-21(8-10-22)16-37-13-11-24(33)30-20(5)26(34)31-23(15-18(2)3)27(35)32-25/h7-10,18-20,23,25H,6,11-17H2,1-5H3,(H,29,36)(H,30,33)(H,31,34)(H,32,35)/t19-,20-,23-,25-/m0/s1. The van der Waals surface area contributed by atoms with E-state index in [1.165, 1.54) is 11.1 Å². The quantitative estimate of drug-likeness (QED) is 0.418. The molecule has 10 heteroatoms. The predicted octanol–water partition coefficient (Wildman–Crippen LogP) is 3.24. The number of benzene rings is 1. The first-order valence-electron chi connectivity index (χ1n) is 13.5. The number of amides is 4. The highest BCUT2D eigenvalue weighted by atomic mass is 32.2. The maximum atomic E-state index is 13.3. The Labute approximate surface area is 236 Å². The summed E-state index contributed by atoms with van der Waals surface area (Å²) in [5.41, 5.74) is 2.42. The lowest BCUT2D eigenvalue weighted by Crippen LogP contribution is -2.58. The summed E-state index contributed by atoms with van der Waals surface area (Å²) in [6, 6.07) is 6.17. The summed E-state index contributed by atoms with van der Waals surface area (Å²) >= 11 is 3.42. The molecule has 0 aromatic heterocycles. The minimum absolute atomic E-state index is 0.0777. The number of carbonyl (C=O) groups excluding carboxylic acids is 4. The zero-order valence-electron chi connectivity index (χ0n) is 23.3. The largest absolute Gasteiger partial charge is 0.353 e. The molecule has 4 amide bonds. The minimum Gasteiger partial charge on any atom is -0.353 e. The van der Waals surface area contributed by atoms with Gasteiger partial charge in [0.2, 0.25) is 23.6 Å². The van der Waals surface area contributed by atoms with Crippen molar-refractivity contribution < 1.29 is 19.2 Å². The molecule has 0 spiro atoms. The van der Waals surface area contributed by atoms with Crippen molar-refractivity contribution in [2.45, 2.75) is 83.5 Å². The van der Waals surface area contributed by atoms with E-state index in [0.717, 1.165) is 17.3 Å². The van der Waals surface area contributed by atoms with Gasteiger partial charge in [-0.05, 0) is 36.3 Å². The number of carbonyl (C=O) groups is 4. The van der Waals surface area contributed by atoms with Gasteiger partial charge in [0.25, 0.3) is 0 Å². The van der Waals surface area contributed by atoms with Crippen LogP contribution in [0.15, 0.2) is 24.3 Å². The monoisotopic (exact) mass is 564 g/mol. The lowest BCUT2D eigenvalue weighted by molar-refractivity contribution is -0.134. The van der Waals surface area contributed by atoms with Gasteiger partial charge in [0.1, 0.15) is 18.1 Å². The molecular formula is C28H44N4O4S2. The van der Waals surface area contributed by atoms with Crippen molar-refractivity contribution in [1.82, 2.24) is 21.3 Å². The van der Waals surface area contributed by atoms with E-state index in [1.54, 1.807) is 30.4 Å². The Bertz CT molecular complexity index is 926. The van der Waals surface area contributed by atoms with Crippen LogP contribution in [-0.2, 0) is 30.7 Å². The molecule has 2 aliphatic heterocycles. The van der Waals surface area contributed by atoms with Crippen LogP contribution in [0.2, 0.25) is 0 Å². The second-order valence-electron chi connectivity index (χ2n) is 10.3. The summed E-state index contributed by atoms with van der Waals surface area (Å²) in [5.74, 6) is 1.89. The zero-order valence-corrected chi connectivity index (χ0v) is 24.9. The highest BCUT2D eigenvalue weighted by Crippen LogP contribution is 2.17. The minimum atomic E-state index is -0.807. The van der Waals surface area contributed by atoms with Crippen LogP contribution in [0.4, 0.5) is 0 Å². The summed E-state index contributed by atoms with van der Waals surface area (Å²) in [5, 5.41) is 11.4. The third-order valence-corrected chi connectivity index (χ3v) is 8.54. The van der Waals surface area contributed by atoms with Gasteiger partial charge in [-0.1, -0.05) is 58.4 Å². The van der Waals surface area contributed by atoms with E-state index in [9.17, 15) is 19.2 Å². The molecule has 0 fully saturated rings. The Balaban J connectivity index is 2.17. The topological polar surface area (TPSA) is 116 Å². The van der Waals surface area contributed by atoms with Crippen LogP contribution in [0.3, 0.4) is 0 Å². The molecule has 0 aliphatic carbocycles. The van der Waals surface area contributed by atoms with Crippen molar-refractivity contribution in [2.24, 2.45) is 11.8 Å². The molecular weight excluding hydrogens is 520 g/mol. The van der Waals surface area contributed by atoms with Crippen molar-refractivity contribution in [3.8, 4) is 0 Å². The normalized spacial score (nSPS) is 24.2. The predicted molar refractivity (Wildman–Crippen MR) is 157 cm³/mol. The third kappa shape index (κ3) is 11.3. The second-order valence-corrected chi connectivity index (χ2v) is 12.5. The van der Waals surface area contributed by atoms with Crippen molar-refractivity contribution in [3.05, 3.63) is 35.4 Å². The van der Waals surface area contributed by atoms with E-state index in [1.807, 2.05) is 27.7 Å². The van der Waals surface area contributed by atoms with Gasteiger partial charge in [-0.25, -0.2) is 0 Å². The van der Waals surface area contributed by atoms with E-state index in [4.69, 9.17) is 0 Å². The van der Waals surface area contributed by atoms with Crippen LogP contribution < -0.4 is 21.3 Å². The molecule has 0 saturated carbocycles. The molecule has 1 aromatic rings. The van der Waals surface area contributed by atoms with Gasteiger partial charge in [-0.2, -0.15) is 23.5 Å². The van der Waals surface area contributed by atoms with Gasteiger partial charge >= 0.3 is 0 Å². The highest BCUT2D eigenvalue weighted by molar-refractivity contribution is 7.98. The molecule has 2 bridgehead atoms. The maximum absolute atomic E-state index is 13.3. The third-order valence-electron chi connectivity index (χ3n) is 6.48. The average molecular weight is 565 g/mol. The van der Waals surface area contributed by atoms with E-state index in [0.29, 0.717) is 31.6 Å². The lowest BCUT2D eigenvalue weighted by atomic mass is 9.96. The highest BCUT2D eigenvalue weighted by Gasteiger charge is 2.31. The maximum Gasteiger partial charge on any atom is 0.243 e. The fourth-order valence-corrected chi connectivity index (χ4v) is 5.69. The van der Waals surface area contributed by atoms with Crippen molar-refractivity contribution in [2.75, 3.05) is 18.1 Å². The van der Waals surface area contributed by atoms with Crippen LogP contribution in [0.5, 0.6) is 0 Å². The fourth-order valence-electron chi connectivity index (χ4n) is 3.97. The molecule has 2 heterocycles. The number of hydrogen-bond acceptors (Lipinski definition) is 6. The molecule has 3 rings (SSSR count). The first-order valence-corrected chi connectivity index (χ1v) is 15.8. The van der Waals surface area contributed by atoms with Gasteiger partial charge in [0.05, 0.1) is 0 Å². The summed E-state index contributed by atoms with van der Waals surface area (Å²) in [4.78, 5) is 51.6. The van der Waals surface area contributed by atoms with Crippen molar-refractivity contribution in [3.63, 3.8) is 0 Å². The van der Waals surface area contributed by atoms with E-state index < -0.39 is 29.9 Å². The number of rotatable bonds is 4. The van der Waals surface area contributed by atoms with Gasteiger partial charge in [0, 0.05) is 36.0 Å². The van der Waals surface area contributed by atoms with Crippen LogP contribution in [0.1, 0.15) is 65.0 Å². The van der Waals surface area contributed by atoms with Gasteiger partial charge in [-0.15, -0.1) is 0 Å². The van der Waals surface area contributed by atoms with Crippen molar-refractivity contribution >= 4 is 47.2 Å². The Kier molecular flexibility index (Phi) is 14.1. The lowest BCUT2D eigenvalue weighted by Gasteiger charge is -2.28. The Morgan fingerprint density at radius 2 is 1.45 bits per heavy atom. The van der Waals surface area contributed by atoms with Crippen molar-refractivity contribution in [1.29, 1.82) is 0 Å². The molecule has 2 aliphatic rings. The summed E-state index contributed by atoms with van der Waals surface area (Å²) in [7, 11) is 0. The van der Waals surface area contributed by atoms with Crippen LogP contribution in [0, 0.1) is 11.8 Å². The fraction of sp³-hybridized carbons (Fsp3) is 0.643. The molecule has 4 atom stereocenters. The van der Waals surface area contributed by atoms with Crippen LogP contribution in [-0.4, -0.2) is 59.8 Å². The number of fused-ring (bicyclic) bond motifs is 20. The molecule has 38 heavy (non-hydrogen) atoms. The second kappa shape index (κ2) is 16.7. The van der Waals surface area contributed by atoms with E-state index in [-0.39, 0.29) is 23.7 Å². The molecule has 0 saturated heterocycles. The average Bonchev–Trinajstić information content (AvgIpc) is 2.88. The first kappa shape index (κ1) is 32.0. The van der Waals surface area contributed by atoms with Crippen LogP contribution >= 0.6 is 23.5 Å². The first-order chi connectivity index (χ1) is 18.1. The molecule has 8 nitrogen and oxygen atoms in total. The van der Waals surface area contributed by atoms with E-state index in [2.05, 4.69) is 45.5 Å². The summed E-state index contributed by atoms with van der Waals surface area (Å²) in [6.45, 7) is 9.96. The molecule has 1 aromatic carbocycles. The molecule has 0 unspecified atom stereocenters. The summed E-state index contributed by atoms with van der Waals surface area (Å²) < 4.78 is 0. The number of nitrogens with one attached hydrogen (secondary N) is 4. The van der Waals surface area contributed by atoms with E-state index >= 15 is 0 Å². The SMILES string of the molecule is CC[C@H](C)[C@@H]1NC(=O)[C@H](CC(C)C)NC(=O)[C@H](C)NC(=O)CCSCc2ccc(cc2)CSCCNC1=O. The molecule has 4 N–H and O–H groups in total. The zero-order chi connectivity index (χ0) is 28.1. The number of thioether (sulfide) groups is 2. The summed E-state index contributed by atoms with van der Waals surface area (Å²) in [6.07, 6.45) is 1.43. The Morgan fingerprint density at radius 3 is 2.03 bits per heavy atom. The molecule has 0 radical (unpaired) electrons. The Hall–Kier alpha value is -2.20. The number of hydrogen-bond donors (Lipinski definition) is 4. The Morgan fingerprint density at radius 1 is 0.842 bits per heavy atom. The smallest absolute Gasteiger partial charge is 0.243 e. The molecule has 212 valence electrons.